The van der Waals surface area contributed by atoms with Crippen LogP contribution in [-0.2, 0) is 4.74 Å². The van der Waals surface area contributed by atoms with E-state index in [1.54, 1.807) is 29.4 Å². The zero-order valence-corrected chi connectivity index (χ0v) is 17.2. The molecule has 0 aliphatic carbocycles. The standard InChI is InChI=1S/C22H24N2O3S/c1-14-10-11-15(2)20-19(14)23-22(28-20)24(13-16-7-6-12-27-16)21(25)17-8-4-5-9-18(17)26-3/h4-5,8-11,16H,6-7,12-13H2,1-3H3. The van der Waals surface area contributed by atoms with Crippen molar-refractivity contribution in [1.29, 1.82) is 0 Å². The SMILES string of the molecule is COc1ccccc1C(=O)N(CC1CCCO1)c1nc2c(C)ccc(C)c2s1. The average molecular weight is 397 g/mol. The second kappa shape index (κ2) is 7.89. The topological polar surface area (TPSA) is 51.7 Å². The van der Waals surface area contributed by atoms with Crippen LogP contribution in [0.15, 0.2) is 36.4 Å². The van der Waals surface area contributed by atoms with Crippen molar-refractivity contribution >= 4 is 32.6 Å². The molecule has 6 heteroatoms. The fraction of sp³-hybridized carbons (Fsp3) is 0.364. The lowest BCUT2D eigenvalue weighted by atomic mass is 10.1. The minimum absolute atomic E-state index is 0.0351. The van der Waals surface area contributed by atoms with Crippen LogP contribution < -0.4 is 9.64 Å². The maximum atomic E-state index is 13.5. The van der Waals surface area contributed by atoms with Gasteiger partial charge in [-0.1, -0.05) is 35.6 Å². The van der Waals surface area contributed by atoms with Crippen LogP contribution in [0.3, 0.4) is 0 Å². The van der Waals surface area contributed by atoms with E-state index in [1.165, 1.54) is 5.56 Å². The number of carbonyl (C=O) groups excluding carboxylic acids is 1. The second-order valence-corrected chi connectivity index (χ2v) is 8.10. The van der Waals surface area contributed by atoms with Crippen LogP contribution in [0, 0.1) is 13.8 Å². The number of para-hydroxylation sites is 1. The molecule has 4 rings (SSSR count). The normalized spacial score (nSPS) is 16.5. The average Bonchev–Trinajstić information content (AvgIpc) is 3.39. The third-order valence-corrected chi connectivity index (χ3v) is 6.37. The third-order valence-electron chi connectivity index (χ3n) is 5.15. The van der Waals surface area contributed by atoms with E-state index < -0.39 is 0 Å². The summed E-state index contributed by atoms with van der Waals surface area (Å²) in [5.74, 6) is 0.459. The van der Waals surface area contributed by atoms with Crippen molar-refractivity contribution in [3.63, 3.8) is 0 Å². The van der Waals surface area contributed by atoms with Crippen LogP contribution in [0.25, 0.3) is 10.2 Å². The van der Waals surface area contributed by atoms with Crippen LogP contribution in [0.4, 0.5) is 5.13 Å². The highest BCUT2D eigenvalue weighted by molar-refractivity contribution is 7.22. The summed E-state index contributed by atoms with van der Waals surface area (Å²) >= 11 is 1.56. The highest BCUT2D eigenvalue weighted by Crippen LogP contribution is 2.35. The smallest absolute Gasteiger partial charge is 0.263 e. The Labute approximate surface area is 168 Å². The molecule has 146 valence electrons. The van der Waals surface area contributed by atoms with Gasteiger partial charge >= 0.3 is 0 Å². The van der Waals surface area contributed by atoms with E-state index in [9.17, 15) is 4.79 Å². The molecule has 1 aromatic heterocycles. The van der Waals surface area contributed by atoms with Crippen molar-refractivity contribution in [2.45, 2.75) is 32.8 Å². The maximum absolute atomic E-state index is 13.5. The van der Waals surface area contributed by atoms with E-state index in [-0.39, 0.29) is 12.0 Å². The second-order valence-electron chi connectivity index (χ2n) is 7.12. The number of anilines is 1. The quantitative estimate of drug-likeness (QED) is 0.625. The highest BCUT2D eigenvalue weighted by Gasteiger charge is 2.28. The number of hydrogen-bond donors (Lipinski definition) is 0. The zero-order chi connectivity index (χ0) is 19.7. The van der Waals surface area contributed by atoms with Crippen LogP contribution in [0.1, 0.15) is 34.3 Å². The molecule has 3 aromatic rings. The third kappa shape index (κ3) is 3.50. The fourth-order valence-electron chi connectivity index (χ4n) is 3.57. The number of amides is 1. The predicted molar refractivity (Wildman–Crippen MR) is 113 cm³/mol. The van der Waals surface area contributed by atoms with E-state index in [0.717, 1.165) is 35.2 Å². The lowest BCUT2D eigenvalue weighted by Crippen LogP contribution is -2.37. The van der Waals surface area contributed by atoms with Crippen LogP contribution in [0.2, 0.25) is 0 Å². The minimum Gasteiger partial charge on any atom is -0.496 e. The number of benzene rings is 2. The van der Waals surface area contributed by atoms with Gasteiger partial charge in [-0.15, -0.1) is 0 Å². The molecule has 0 radical (unpaired) electrons. The van der Waals surface area contributed by atoms with Crippen LogP contribution in [-0.4, -0.2) is 37.3 Å². The van der Waals surface area contributed by atoms with E-state index in [4.69, 9.17) is 14.5 Å². The Bertz CT molecular complexity index is 969. The largest absolute Gasteiger partial charge is 0.496 e. The van der Waals surface area contributed by atoms with E-state index in [2.05, 4.69) is 26.0 Å². The van der Waals surface area contributed by atoms with Gasteiger partial charge in [0.1, 0.15) is 5.75 Å². The Balaban J connectivity index is 1.78. The first kappa shape index (κ1) is 18.9. The monoisotopic (exact) mass is 396 g/mol. The predicted octanol–water partition coefficient (Wildman–Crippen LogP) is 4.75. The molecule has 0 bridgehead atoms. The van der Waals surface area contributed by atoms with Gasteiger partial charge in [-0.2, -0.15) is 0 Å². The summed E-state index contributed by atoms with van der Waals surface area (Å²) < 4.78 is 12.4. The molecule has 1 atom stereocenters. The van der Waals surface area contributed by atoms with Crippen molar-refractivity contribution in [3.05, 3.63) is 53.1 Å². The first-order valence-electron chi connectivity index (χ1n) is 9.51. The lowest BCUT2D eigenvalue weighted by Gasteiger charge is -2.23. The summed E-state index contributed by atoms with van der Waals surface area (Å²) in [5.41, 5.74) is 3.79. The van der Waals surface area contributed by atoms with Gasteiger partial charge in [-0.3, -0.25) is 9.69 Å². The number of aryl methyl sites for hydroxylation is 2. The Morgan fingerprint density at radius 1 is 1.25 bits per heavy atom. The highest BCUT2D eigenvalue weighted by atomic mass is 32.1. The summed E-state index contributed by atoms with van der Waals surface area (Å²) in [6.45, 7) is 5.38. The van der Waals surface area contributed by atoms with Crippen molar-refractivity contribution in [2.75, 3.05) is 25.2 Å². The number of ether oxygens (including phenoxy) is 2. The molecule has 1 saturated heterocycles. The summed E-state index contributed by atoms with van der Waals surface area (Å²) in [5, 5.41) is 0.707. The van der Waals surface area contributed by atoms with E-state index >= 15 is 0 Å². The molecule has 0 spiro atoms. The molecule has 1 fully saturated rings. The Hall–Kier alpha value is -2.44. The van der Waals surface area contributed by atoms with Crippen molar-refractivity contribution < 1.29 is 14.3 Å². The molecule has 1 unspecified atom stereocenters. The number of thiazole rings is 1. The number of fused-ring (bicyclic) bond motifs is 1. The van der Waals surface area contributed by atoms with Gasteiger partial charge in [0.25, 0.3) is 5.91 Å². The first-order valence-corrected chi connectivity index (χ1v) is 10.3. The Kier molecular flexibility index (Phi) is 5.33. The molecule has 2 aromatic carbocycles. The van der Waals surface area contributed by atoms with Gasteiger partial charge in [0, 0.05) is 6.61 Å². The molecule has 0 N–H and O–H groups in total. The number of aromatic nitrogens is 1. The van der Waals surface area contributed by atoms with Gasteiger partial charge in [-0.05, 0) is 49.9 Å². The molecule has 1 amide bonds. The number of hydrogen-bond acceptors (Lipinski definition) is 5. The molecular formula is C22H24N2O3S. The number of nitrogens with zero attached hydrogens (tertiary/aromatic N) is 2. The molecule has 2 heterocycles. The van der Waals surface area contributed by atoms with Gasteiger partial charge < -0.3 is 9.47 Å². The first-order chi connectivity index (χ1) is 13.6. The molecule has 5 nitrogen and oxygen atoms in total. The minimum atomic E-state index is -0.109. The van der Waals surface area contributed by atoms with Crippen LogP contribution in [0.5, 0.6) is 5.75 Å². The molecule has 1 aliphatic rings. The fourth-order valence-corrected chi connectivity index (χ4v) is 4.69. The van der Waals surface area contributed by atoms with Crippen molar-refractivity contribution in [2.24, 2.45) is 0 Å². The van der Waals surface area contributed by atoms with E-state index in [1.807, 2.05) is 18.2 Å². The summed E-state index contributed by atoms with van der Waals surface area (Å²) in [4.78, 5) is 20.1. The van der Waals surface area contributed by atoms with Gasteiger partial charge in [0.05, 0.1) is 35.5 Å². The zero-order valence-electron chi connectivity index (χ0n) is 16.4. The summed E-state index contributed by atoms with van der Waals surface area (Å²) in [7, 11) is 1.58. The van der Waals surface area contributed by atoms with Gasteiger partial charge in [0.15, 0.2) is 5.13 Å². The van der Waals surface area contributed by atoms with E-state index in [0.29, 0.717) is 23.0 Å². The summed E-state index contributed by atoms with van der Waals surface area (Å²) in [6, 6.07) is 11.5. The molecule has 28 heavy (non-hydrogen) atoms. The maximum Gasteiger partial charge on any atom is 0.263 e. The molecule has 1 aliphatic heterocycles. The lowest BCUT2D eigenvalue weighted by molar-refractivity contribution is 0.0915. The van der Waals surface area contributed by atoms with Crippen molar-refractivity contribution in [3.8, 4) is 5.75 Å². The van der Waals surface area contributed by atoms with Crippen LogP contribution >= 0.6 is 11.3 Å². The number of carbonyl (C=O) groups is 1. The Morgan fingerprint density at radius 2 is 2.04 bits per heavy atom. The van der Waals surface area contributed by atoms with Gasteiger partial charge in [0.2, 0.25) is 0 Å². The number of methoxy groups -OCH3 is 1. The van der Waals surface area contributed by atoms with Crippen molar-refractivity contribution in [1.82, 2.24) is 4.98 Å². The Morgan fingerprint density at radius 3 is 2.75 bits per heavy atom. The number of rotatable bonds is 5. The molecular weight excluding hydrogens is 372 g/mol. The summed E-state index contributed by atoms with van der Waals surface area (Å²) in [6.07, 6.45) is 2.02. The molecule has 0 saturated carbocycles. The van der Waals surface area contributed by atoms with Gasteiger partial charge in [-0.25, -0.2) is 4.98 Å².